The third kappa shape index (κ3) is 5.64. The van der Waals surface area contributed by atoms with Gasteiger partial charge in [-0.3, -0.25) is 9.59 Å². The van der Waals surface area contributed by atoms with Gasteiger partial charge in [0, 0.05) is 39.3 Å². The highest BCUT2D eigenvalue weighted by Gasteiger charge is 2.27. The molecule has 0 radical (unpaired) electrons. The molecule has 0 bridgehead atoms. The van der Waals surface area contributed by atoms with Crippen LogP contribution in [0.2, 0.25) is 5.02 Å². The van der Waals surface area contributed by atoms with Crippen molar-refractivity contribution in [3.63, 3.8) is 0 Å². The summed E-state index contributed by atoms with van der Waals surface area (Å²) >= 11 is 6.21. The third-order valence-corrected chi connectivity index (χ3v) is 7.50. The maximum absolute atomic E-state index is 13.0. The predicted octanol–water partition coefficient (Wildman–Crippen LogP) is 3.75. The second kappa shape index (κ2) is 9.80. The lowest BCUT2D eigenvalue weighted by Gasteiger charge is -2.26. The number of rotatable bonds is 6. The van der Waals surface area contributed by atoms with Crippen molar-refractivity contribution in [3.05, 3.63) is 58.6 Å². The van der Waals surface area contributed by atoms with Crippen molar-refractivity contribution in [1.82, 2.24) is 9.21 Å². The zero-order valence-electron chi connectivity index (χ0n) is 17.6. The normalized spacial score (nSPS) is 14.8. The van der Waals surface area contributed by atoms with Crippen LogP contribution in [0, 0.1) is 0 Å². The molecule has 31 heavy (non-hydrogen) atoms. The van der Waals surface area contributed by atoms with E-state index in [4.69, 9.17) is 11.6 Å². The number of piperidine rings is 1. The molecule has 2 aromatic carbocycles. The highest BCUT2D eigenvalue weighted by Crippen LogP contribution is 2.26. The number of carbonyl (C=O) groups excluding carboxylic acids is 2. The molecular weight excluding hydrogens is 438 g/mol. The number of hydrogen-bond acceptors (Lipinski definition) is 4. The first kappa shape index (κ1) is 23.2. The number of nitrogens with zero attached hydrogens (tertiary/aromatic N) is 2. The van der Waals surface area contributed by atoms with Gasteiger partial charge in [0.05, 0.1) is 15.5 Å². The lowest BCUT2D eigenvalue weighted by atomic mass is 10.1. The van der Waals surface area contributed by atoms with Gasteiger partial charge in [-0.15, -0.1) is 0 Å². The van der Waals surface area contributed by atoms with Crippen LogP contribution in [0.15, 0.2) is 47.4 Å². The SMILES string of the molecule is CC(=O)N(C)Cc1cccc(NC(=O)c2cc(S(=O)(=O)N3CCCCC3)ccc2Cl)c1. The van der Waals surface area contributed by atoms with Crippen molar-refractivity contribution < 1.29 is 18.0 Å². The zero-order valence-corrected chi connectivity index (χ0v) is 19.2. The van der Waals surface area contributed by atoms with Gasteiger partial charge >= 0.3 is 0 Å². The van der Waals surface area contributed by atoms with Crippen LogP contribution >= 0.6 is 11.6 Å². The van der Waals surface area contributed by atoms with Crippen LogP contribution < -0.4 is 5.32 Å². The molecule has 9 heteroatoms. The van der Waals surface area contributed by atoms with Crippen LogP contribution in [0.1, 0.15) is 42.1 Å². The fourth-order valence-corrected chi connectivity index (χ4v) is 5.17. The Balaban J connectivity index is 1.81. The van der Waals surface area contributed by atoms with Crippen molar-refractivity contribution in [2.24, 2.45) is 0 Å². The summed E-state index contributed by atoms with van der Waals surface area (Å²) in [6.45, 7) is 2.85. The topological polar surface area (TPSA) is 86.8 Å². The molecule has 1 N–H and O–H groups in total. The van der Waals surface area contributed by atoms with Gasteiger partial charge in [-0.25, -0.2) is 8.42 Å². The Bertz CT molecular complexity index is 1080. The Hall–Kier alpha value is -2.42. The van der Waals surface area contributed by atoms with Gasteiger partial charge in [0.2, 0.25) is 15.9 Å². The van der Waals surface area contributed by atoms with E-state index >= 15 is 0 Å². The molecule has 1 fully saturated rings. The van der Waals surface area contributed by atoms with Crippen LogP contribution in [0.3, 0.4) is 0 Å². The summed E-state index contributed by atoms with van der Waals surface area (Å²) in [7, 11) is -1.98. The molecule has 0 unspecified atom stereocenters. The molecule has 0 saturated carbocycles. The fourth-order valence-electron chi connectivity index (χ4n) is 3.42. The molecule has 1 aliphatic rings. The lowest BCUT2D eigenvalue weighted by molar-refractivity contribution is -0.128. The molecule has 0 aromatic heterocycles. The largest absolute Gasteiger partial charge is 0.342 e. The summed E-state index contributed by atoms with van der Waals surface area (Å²) in [5, 5.41) is 2.93. The predicted molar refractivity (Wildman–Crippen MR) is 121 cm³/mol. The van der Waals surface area contributed by atoms with Crippen molar-refractivity contribution in [1.29, 1.82) is 0 Å². The lowest BCUT2D eigenvalue weighted by Crippen LogP contribution is -2.35. The van der Waals surface area contributed by atoms with E-state index in [-0.39, 0.29) is 21.4 Å². The Labute approximate surface area is 188 Å². The number of halogens is 1. The fraction of sp³-hybridized carbons (Fsp3) is 0.364. The Morgan fingerprint density at radius 3 is 2.48 bits per heavy atom. The molecular formula is C22H26ClN3O4S. The van der Waals surface area contributed by atoms with E-state index in [0.717, 1.165) is 24.8 Å². The smallest absolute Gasteiger partial charge is 0.257 e. The first-order chi connectivity index (χ1) is 14.7. The van der Waals surface area contributed by atoms with Gasteiger partial charge in [-0.1, -0.05) is 30.2 Å². The number of benzene rings is 2. The van der Waals surface area contributed by atoms with Crippen LogP contribution in [-0.2, 0) is 21.4 Å². The maximum Gasteiger partial charge on any atom is 0.257 e. The molecule has 1 saturated heterocycles. The number of nitrogens with one attached hydrogen (secondary N) is 1. The van der Waals surface area contributed by atoms with E-state index in [1.54, 1.807) is 30.1 Å². The summed E-state index contributed by atoms with van der Waals surface area (Å²) in [4.78, 5) is 25.9. The van der Waals surface area contributed by atoms with Gasteiger partial charge in [0.25, 0.3) is 5.91 Å². The standard InChI is InChI=1S/C22H26ClN3O4S/c1-16(27)25(2)15-17-7-6-8-18(13-17)24-22(28)20-14-19(9-10-21(20)23)31(29,30)26-11-4-3-5-12-26/h6-10,13-14H,3-5,11-12,15H2,1-2H3,(H,24,28). The van der Waals surface area contributed by atoms with Crippen molar-refractivity contribution in [2.45, 2.75) is 37.6 Å². The monoisotopic (exact) mass is 463 g/mol. The second-order valence-corrected chi connectivity index (χ2v) is 9.98. The number of hydrogen-bond donors (Lipinski definition) is 1. The van der Waals surface area contributed by atoms with Gasteiger partial charge in [-0.2, -0.15) is 4.31 Å². The Morgan fingerprint density at radius 1 is 1.10 bits per heavy atom. The third-order valence-electron chi connectivity index (χ3n) is 5.28. The Morgan fingerprint density at radius 2 is 1.81 bits per heavy atom. The molecule has 0 aliphatic carbocycles. The summed E-state index contributed by atoms with van der Waals surface area (Å²) < 4.78 is 27.4. The summed E-state index contributed by atoms with van der Waals surface area (Å²) in [6.07, 6.45) is 2.67. The van der Waals surface area contributed by atoms with Crippen LogP contribution in [-0.4, -0.2) is 49.6 Å². The molecule has 2 aromatic rings. The van der Waals surface area contributed by atoms with E-state index < -0.39 is 15.9 Å². The number of sulfonamides is 1. The van der Waals surface area contributed by atoms with Gasteiger partial charge < -0.3 is 10.2 Å². The highest BCUT2D eigenvalue weighted by molar-refractivity contribution is 7.89. The quantitative estimate of drug-likeness (QED) is 0.706. The van der Waals surface area contributed by atoms with E-state index in [2.05, 4.69) is 5.32 Å². The molecule has 1 aliphatic heterocycles. The summed E-state index contributed by atoms with van der Waals surface area (Å²) in [5.74, 6) is -0.564. The van der Waals surface area contributed by atoms with Gasteiger partial charge in [-0.05, 0) is 48.7 Å². The highest BCUT2D eigenvalue weighted by atomic mass is 35.5. The minimum Gasteiger partial charge on any atom is -0.342 e. The van der Waals surface area contributed by atoms with Crippen LogP contribution in [0.25, 0.3) is 0 Å². The summed E-state index contributed by atoms with van der Waals surface area (Å²) in [5.41, 5.74) is 1.47. The van der Waals surface area contributed by atoms with Crippen LogP contribution in [0.4, 0.5) is 5.69 Å². The van der Waals surface area contributed by atoms with E-state index in [0.29, 0.717) is 25.3 Å². The summed E-state index contributed by atoms with van der Waals surface area (Å²) in [6, 6.07) is 11.3. The maximum atomic E-state index is 13.0. The number of carbonyl (C=O) groups is 2. The molecule has 0 atom stereocenters. The number of anilines is 1. The molecule has 0 spiro atoms. The first-order valence-electron chi connectivity index (χ1n) is 10.1. The van der Waals surface area contributed by atoms with Crippen molar-refractivity contribution in [2.75, 3.05) is 25.5 Å². The minimum atomic E-state index is -3.68. The average Bonchev–Trinajstić information content (AvgIpc) is 2.74. The van der Waals surface area contributed by atoms with E-state index in [1.165, 1.54) is 29.4 Å². The molecule has 2 amide bonds. The zero-order chi connectivity index (χ0) is 22.6. The van der Waals surface area contributed by atoms with Crippen molar-refractivity contribution >= 4 is 39.1 Å². The van der Waals surface area contributed by atoms with E-state index in [9.17, 15) is 18.0 Å². The molecule has 3 rings (SSSR count). The Kier molecular flexibility index (Phi) is 7.35. The van der Waals surface area contributed by atoms with Gasteiger partial charge in [0.15, 0.2) is 0 Å². The number of amides is 2. The van der Waals surface area contributed by atoms with Crippen molar-refractivity contribution in [3.8, 4) is 0 Å². The minimum absolute atomic E-state index is 0.0563. The van der Waals surface area contributed by atoms with E-state index in [1.807, 2.05) is 6.07 Å². The molecule has 1 heterocycles. The molecule has 7 nitrogen and oxygen atoms in total. The second-order valence-electron chi connectivity index (χ2n) is 7.64. The van der Waals surface area contributed by atoms with Crippen LogP contribution in [0.5, 0.6) is 0 Å². The first-order valence-corrected chi connectivity index (χ1v) is 11.9. The van der Waals surface area contributed by atoms with Gasteiger partial charge in [0.1, 0.15) is 0 Å². The average molecular weight is 464 g/mol. The molecule has 166 valence electrons.